The molecule has 0 bridgehead atoms. The Labute approximate surface area is 144 Å². The van der Waals surface area contributed by atoms with Gasteiger partial charge in [0, 0.05) is 16.8 Å². The summed E-state index contributed by atoms with van der Waals surface area (Å²) in [5, 5.41) is 2.92. The average molecular weight is 337 g/mol. The van der Waals surface area contributed by atoms with Gasteiger partial charge in [-0.3, -0.25) is 9.59 Å². The maximum absolute atomic E-state index is 12.7. The maximum Gasteiger partial charge on any atom is 0.337 e. The van der Waals surface area contributed by atoms with Gasteiger partial charge in [-0.1, -0.05) is 24.3 Å². The second-order valence-electron chi connectivity index (χ2n) is 5.31. The van der Waals surface area contributed by atoms with Crippen molar-refractivity contribution in [3.05, 3.63) is 76.7 Å². The van der Waals surface area contributed by atoms with Crippen LogP contribution in [0.5, 0.6) is 0 Å². The highest BCUT2D eigenvalue weighted by atomic mass is 16.5. The zero-order valence-corrected chi connectivity index (χ0v) is 13.7. The van der Waals surface area contributed by atoms with Gasteiger partial charge in [0.2, 0.25) is 11.6 Å². The normalized spacial score (nSPS) is 13.4. The fourth-order valence-electron chi connectivity index (χ4n) is 2.61. The van der Waals surface area contributed by atoms with Gasteiger partial charge < -0.3 is 14.8 Å². The molecule has 0 spiro atoms. The van der Waals surface area contributed by atoms with E-state index in [0.29, 0.717) is 22.4 Å². The molecule has 0 unspecified atom stereocenters. The molecule has 25 heavy (non-hydrogen) atoms. The Kier molecular flexibility index (Phi) is 4.35. The molecule has 2 aromatic carbocycles. The van der Waals surface area contributed by atoms with E-state index in [4.69, 9.17) is 4.74 Å². The highest BCUT2D eigenvalue weighted by Gasteiger charge is 2.33. The van der Waals surface area contributed by atoms with Gasteiger partial charge in [0.25, 0.3) is 0 Å². The average Bonchev–Trinajstić information content (AvgIpc) is 2.66. The number of esters is 1. The number of fused-ring (bicyclic) bond motifs is 1. The number of hydrogen-bond acceptors (Lipinski definition) is 6. The van der Waals surface area contributed by atoms with Crippen molar-refractivity contribution in [1.82, 2.24) is 0 Å². The summed E-state index contributed by atoms with van der Waals surface area (Å²) in [6.45, 7) is 0. The summed E-state index contributed by atoms with van der Waals surface area (Å²) in [4.78, 5) is 36.7. The SMILES string of the molecule is COC(=O)c1ccc(NC2=C(OC)C(=O)c3ccccc3C2=O)cc1. The van der Waals surface area contributed by atoms with E-state index >= 15 is 0 Å². The van der Waals surface area contributed by atoms with Crippen molar-refractivity contribution in [3.8, 4) is 0 Å². The van der Waals surface area contributed by atoms with Crippen LogP contribution in [0.1, 0.15) is 31.1 Å². The molecule has 0 heterocycles. The molecular formula is C19H15NO5. The Bertz CT molecular complexity index is 896. The van der Waals surface area contributed by atoms with Crippen LogP contribution >= 0.6 is 0 Å². The number of allylic oxidation sites excluding steroid dienone is 2. The third kappa shape index (κ3) is 2.89. The molecule has 1 aliphatic carbocycles. The minimum atomic E-state index is -0.457. The first-order valence-corrected chi connectivity index (χ1v) is 7.49. The monoisotopic (exact) mass is 337 g/mol. The zero-order valence-electron chi connectivity index (χ0n) is 13.7. The van der Waals surface area contributed by atoms with Crippen LogP contribution < -0.4 is 5.32 Å². The van der Waals surface area contributed by atoms with Gasteiger partial charge >= 0.3 is 5.97 Å². The van der Waals surface area contributed by atoms with Crippen LogP contribution in [-0.2, 0) is 9.47 Å². The van der Waals surface area contributed by atoms with E-state index in [1.54, 1.807) is 48.5 Å². The Balaban J connectivity index is 1.96. The summed E-state index contributed by atoms with van der Waals surface area (Å²) in [6.07, 6.45) is 0. The van der Waals surface area contributed by atoms with Crippen molar-refractivity contribution in [1.29, 1.82) is 0 Å². The van der Waals surface area contributed by atoms with Crippen LogP contribution in [0, 0.1) is 0 Å². The first-order valence-electron chi connectivity index (χ1n) is 7.49. The van der Waals surface area contributed by atoms with Crippen molar-refractivity contribution in [2.24, 2.45) is 0 Å². The second-order valence-corrected chi connectivity index (χ2v) is 5.31. The number of carbonyl (C=O) groups excluding carboxylic acids is 3. The number of anilines is 1. The van der Waals surface area contributed by atoms with Crippen LogP contribution in [0.3, 0.4) is 0 Å². The molecule has 0 fully saturated rings. The number of carbonyl (C=O) groups is 3. The molecule has 126 valence electrons. The van der Waals surface area contributed by atoms with Crippen LogP contribution in [-0.4, -0.2) is 31.8 Å². The van der Waals surface area contributed by atoms with Crippen molar-refractivity contribution in [3.63, 3.8) is 0 Å². The van der Waals surface area contributed by atoms with E-state index in [1.165, 1.54) is 14.2 Å². The number of nitrogens with one attached hydrogen (secondary N) is 1. The van der Waals surface area contributed by atoms with E-state index in [2.05, 4.69) is 10.1 Å². The lowest BCUT2D eigenvalue weighted by atomic mass is 9.91. The summed E-state index contributed by atoms with van der Waals surface area (Å²) in [5.41, 5.74) is 1.62. The molecule has 0 aromatic heterocycles. The number of ketones is 2. The van der Waals surface area contributed by atoms with Crippen LogP contribution in [0.4, 0.5) is 5.69 Å². The molecule has 6 heteroatoms. The molecule has 1 N–H and O–H groups in total. The number of rotatable bonds is 4. The summed E-state index contributed by atoms with van der Waals surface area (Å²) in [5.74, 6) is -1.18. The van der Waals surface area contributed by atoms with Crippen molar-refractivity contribution in [2.75, 3.05) is 19.5 Å². The molecule has 2 aromatic rings. The van der Waals surface area contributed by atoms with Gasteiger partial charge in [-0.15, -0.1) is 0 Å². The zero-order chi connectivity index (χ0) is 18.0. The van der Waals surface area contributed by atoms with E-state index in [-0.39, 0.29) is 23.0 Å². The minimum absolute atomic E-state index is 0.0410. The van der Waals surface area contributed by atoms with Crippen molar-refractivity contribution in [2.45, 2.75) is 0 Å². The molecule has 1 aliphatic rings. The predicted molar refractivity (Wildman–Crippen MR) is 90.5 cm³/mol. The van der Waals surface area contributed by atoms with Gasteiger partial charge in [0.05, 0.1) is 19.8 Å². The molecule has 0 radical (unpaired) electrons. The molecule has 0 amide bonds. The van der Waals surface area contributed by atoms with Gasteiger partial charge in [0.15, 0.2) is 5.76 Å². The Morgan fingerprint density at radius 1 is 0.880 bits per heavy atom. The highest BCUT2D eigenvalue weighted by Crippen LogP contribution is 2.27. The van der Waals surface area contributed by atoms with Gasteiger partial charge in [-0.2, -0.15) is 0 Å². The largest absolute Gasteiger partial charge is 0.491 e. The first kappa shape index (κ1) is 16.4. The van der Waals surface area contributed by atoms with E-state index in [0.717, 1.165) is 0 Å². The third-order valence-corrected chi connectivity index (χ3v) is 3.86. The van der Waals surface area contributed by atoms with E-state index < -0.39 is 5.97 Å². The summed E-state index contributed by atoms with van der Waals surface area (Å²) >= 11 is 0. The smallest absolute Gasteiger partial charge is 0.337 e. The standard InChI is InChI=1S/C19H15NO5/c1-24-18-15(16(21)13-5-3-4-6-14(13)17(18)22)20-12-9-7-11(8-10-12)19(23)25-2/h3-10,20H,1-2H3. The predicted octanol–water partition coefficient (Wildman–Crippen LogP) is 2.82. The van der Waals surface area contributed by atoms with Crippen LogP contribution in [0.25, 0.3) is 0 Å². The number of methoxy groups -OCH3 is 2. The highest BCUT2D eigenvalue weighted by molar-refractivity contribution is 6.27. The number of hydrogen-bond donors (Lipinski definition) is 1. The van der Waals surface area contributed by atoms with E-state index in [9.17, 15) is 14.4 Å². The van der Waals surface area contributed by atoms with Crippen molar-refractivity contribution >= 4 is 23.2 Å². The van der Waals surface area contributed by atoms with Gasteiger partial charge in [-0.25, -0.2) is 4.79 Å². The Morgan fingerprint density at radius 2 is 1.48 bits per heavy atom. The molecule has 0 atom stereocenters. The molecule has 0 aliphatic heterocycles. The quantitative estimate of drug-likeness (QED) is 0.864. The maximum atomic E-state index is 12.7. The Morgan fingerprint density at radius 3 is 2.04 bits per heavy atom. The summed E-state index contributed by atoms with van der Waals surface area (Å²) in [7, 11) is 2.64. The molecule has 0 saturated carbocycles. The topological polar surface area (TPSA) is 81.7 Å². The summed E-state index contributed by atoms with van der Waals surface area (Å²) < 4.78 is 9.81. The molecular weight excluding hydrogens is 322 g/mol. The third-order valence-electron chi connectivity index (χ3n) is 3.86. The lowest BCUT2D eigenvalue weighted by Gasteiger charge is -2.20. The fourth-order valence-corrected chi connectivity index (χ4v) is 2.61. The first-order chi connectivity index (χ1) is 12.1. The van der Waals surface area contributed by atoms with Crippen LogP contribution in [0.15, 0.2) is 60.0 Å². The lowest BCUT2D eigenvalue weighted by Crippen LogP contribution is -2.26. The fraction of sp³-hybridized carbons (Fsp3) is 0.105. The minimum Gasteiger partial charge on any atom is -0.491 e. The van der Waals surface area contributed by atoms with Gasteiger partial charge in [0.1, 0.15) is 5.70 Å². The Hall–Kier alpha value is -3.41. The molecule has 3 rings (SSSR count). The number of ether oxygens (including phenoxy) is 2. The van der Waals surface area contributed by atoms with Crippen molar-refractivity contribution < 1.29 is 23.9 Å². The lowest BCUT2D eigenvalue weighted by molar-refractivity contribution is 0.0600. The van der Waals surface area contributed by atoms with Crippen LogP contribution in [0.2, 0.25) is 0 Å². The second kappa shape index (κ2) is 6.60. The summed E-state index contributed by atoms with van der Waals surface area (Å²) in [6, 6.07) is 12.9. The van der Waals surface area contributed by atoms with E-state index in [1.807, 2.05) is 0 Å². The molecule has 0 saturated heterocycles. The number of Topliss-reactive ketones (excluding diaryl/α,β-unsaturated/α-hetero) is 2. The van der Waals surface area contributed by atoms with Gasteiger partial charge in [-0.05, 0) is 24.3 Å². The molecule has 6 nitrogen and oxygen atoms in total. The number of benzene rings is 2.